The molecule has 1 aromatic heterocycles. The number of hydrogen-bond acceptors (Lipinski definition) is 5. The summed E-state index contributed by atoms with van der Waals surface area (Å²) in [4.78, 5) is 25.3. The van der Waals surface area contributed by atoms with Gasteiger partial charge in [0.25, 0.3) is 0 Å². The van der Waals surface area contributed by atoms with Crippen LogP contribution in [0.1, 0.15) is 51.0 Å². The van der Waals surface area contributed by atoms with Gasteiger partial charge in [-0.1, -0.05) is 35.5 Å². The van der Waals surface area contributed by atoms with Crippen LogP contribution in [0.15, 0.2) is 48.5 Å². The second kappa shape index (κ2) is 7.38. The molecule has 1 heterocycles. The van der Waals surface area contributed by atoms with E-state index in [4.69, 9.17) is 4.74 Å². The number of para-hydroxylation sites is 1. The molecule has 28 heavy (non-hydrogen) atoms. The Morgan fingerprint density at radius 1 is 1.07 bits per heavy atom. The first-order valence-electron chi connectivity index (χ1n) is 9.39. The van der Waals surface area contributed by atoms with Crippen LogP contribution in [0.25, 0.3) is 5.69 Å². The molecule has 0 radical (unpaired) electrons. The van der Waals surface area contributed by atoms with Gasteiger partial charge in [0.1, 0.15) is 0 Å². The van der Waals surface area contributed by atoms with Crippen LogP contribution < -0.4 is 0 Å². The van der Waals surface area contributed by atoms with E-state index < -0.39 is 12.1 Å². The second-order valence-corrected chi connectivity index (χ2v) is 7.02. The predicted octanol–water partition coefficient (Wildman–Crippen LogP) is 3.49. The number of carbonyl (C=O) groups is 2. The summed E-state index contributed by atoms with van der Waals surface area (Å²) in [5.41, 5.74) is 4.56. The van der Waals surface area contributed by atoms with E-state index in [2.05, 4.69) is 10.3 Å². The van der Waals surface area contributed by atoms with E-state index in [1.54, 1.807) is 18.5 Å². The van der Waals surface area contributed by atoms with E-state index in [1.165, 1.54) is 11.1 Å². The van der Waals surface area contributed by atoms with Crippen molar-refractivity contribution in [3.05, 3.63) is 76.6 Å². The lowest BCUT2D eigenvalue weighted by Gasteiger charge is -2.12. The fourth-order valence-electron chi connectivity index (χ4n) is 3.56. The van der Waals surface area contributed by atoms with E-state index in [1.807, 2.05) is 48.5 Å². The highest BCUT2D eigenvalue weighted by Gasteiger charge is 2.25. The van der Waals surface area contributed by atoms with E-state index in [0.29, 0.717) is 11.3 Å². The average molecular weight is 375 g/mol. The molecule has 0 saturated heterocycles. The van der Waals surface area contributed by atoms with Gasteiger partial charge in [0, 0.05) is 5.56 Å². The Kier molecular flexibility index (Phi) is 4.77. The standard InChI is InChI=1S/C22H21N3O3/c1-14-20(23-24-25(14)19-9-4-3-5-10-19)22(27)28-15(2)21(26)18-12-11-16-7-6-8-17(16)13-18/h3-5,9-13,15H,6-8H2,1-2H3. The molecule has 0 saturated carbocycles. The number of hydrogen-bond donors (Lipinski definition) is 0. The van der Waals surface area contributed by atoms with E-state index >= 15 is 0 Å². The Bertz CT molecular complexity index is 1040. The summed E-state index contributed by atoms with van der Waals surface area (Å²) in [6.45, 7) is 3.33. The molecule has 0 fully saturated rings. The van der Waals surface area contributed by atoms with Crippen LogP contribution in [-0.2, 0) is 17.6 Å². The van der Waals surface area contributed by atoms with Crippen molar-refractivity contribution in [1.82, 2.24) is 15.0 Å². The molecule has 1 aliphatic rings. The lowest BCUT2D eigenvalue weighted by atomic mass is 10.0. The van der Waals surface area contributed by atoms with E-state index in [9.17, 15) is 9.59 Å². The number of carbonyl (C=O) groups excluding carboxylic acids is 2. The van der Waals surface area contributed by atoms with Gasteiger partial charge in [-0.05, 0) is 62.4 Å². The van der Waals surface area contributed by atoms with Crippen LogP contribution in [0.5, 0.6) is 0 Å². The molecule has 0 amide bonds. The third-order valence-corrected chi connectivity index (χ3v) is 5.12. The highest BCUT2D eigenvalue weighted by Crippen LogP contribution is 2.24. The van der Waals surface area contributed by atoms with Gasteiger partial charge >= 0.3 is 5.97 Å². The zero-order chi connectivity index (χ0) is 19.7. The Labute approximate surface area is 163 Å². The molecule has 0 N–H and O–H groups in total. The van der Waals surface area contributed by atoms with Crippen LogP contribution in [0.2, 0.25) is 0 Å². The summed E-state index contributed by atoms with van der Waals surface area (Å²) in [5.74, 6) is -0.863. The highest BCUT2D eigenvalue weighted by atomic mass is 16.5. The summed E-state index contributed by atoms with van der Waals surface area (Å²) in [7, 11) is 0. The van der Waals surface area contributed by atoms with Crippen molar-refractivity contribution >= 4 is 11.8 Å². The van der Waals surface area contributed by atoms with Crippen molar-refractivity contribution in [1.29, 1.82) is 0 Å². The monoisotopic (exact) mass is 375 g/mol. The van der Waals surface area contributed by atoms with Crippen LogP contribution in [0.3, 0.4) is 0 Å². The molecule has 3 aromatic rings. The lowest BCUT2D eigenvalue weighted by molar-refractivity contribution is 0.0312. The molecule has 4 rings (SSSR count). The zero-order valence-corrected chi connectivity index (χ0v) is 15.9. The Morgan fingerprint density at radius 3 is 2.61 bits per heavy atom. The Balaban J connectivity index is 1.49. The number of esters is 1. The van der Waals surface area contributed by atoms with E-state index in [-0.39, 0.29) is 11.5 Å². The van der Waals surface area contributed by atoms with Crippen molar-refractivity contribution in [2.24, 2.45) is 0 Å². The smallest absolute Gasteiger partial charge is 0.361 e. The summed E-state index contributed by atoms with van der Waals surface area (Å²) in [6.07, 6.45) is 2.28. The zero-order valence-electron chi connectivity index (χ0n) is 15.9. The van der Waals surface area contributed by atoms with Crippen molar-refractivity contribution in [3.63, 3.8) is 0 Å². The normalized spacial score (nSPS) is 13.8. The highest BCUT2D eigenvalue weighted by molar-refractivity contribution is 6.01. The molecule has 6 nitrogen and oxygen atoms in total. The molecule has 1 aliphatic carbocycles. The van der Waals surface area contributed by atoms with Crippen LogP contribution in [0.4, 0.5) is 0 Å². The number of fused-ring (bicyclic) bond motifs is 1. The molecule has 1 unspecified atom stereocenters. The number of ether oxygens (including phenoxy) is 1. The maximum atomic E-state index is 12.7. The number of rotatable bonds is 5. The lowest BCUT2D eigenvalue weighted by Crippen LogP contribution is -2.25. The van der Waals surface area contributed by atoms with Gasteiger partial charge in [-0.15, -0.1) is 5.10 Å². The van der Waals surface area contributed by atoms with Crippen LogP contribution >= 0.6 is 0 Å². The van der Waals surface area contributed by atoms with Gasteiger partial charge in [-0.3, -0.25) is 4.79 Å². The van der Waals surface area contributed by atoms with Crippen molar-refractivity contribution in [2.45, 2.75) is 39.2 Å². The third-order valence-electron chi connectivity index (χ3n) is 5.12. The minimum atomic E-state index is -0.895. The largest absolute Gasteiger partial charge is 0.449 e. The molecule has 0 bridgehead atoms. The first kappa shape index (κ1) is 18.1. The van der Waals surface area contributed by atoms with Gasteiger partial charge in [0.2, 0.25) is 5.78 Å². The number of Topliss-reactive ketones (excluding diaryl/α,β-unsaturated/α-hetero) is 1. The average Bonchev–Trinajstić information content (AvgIpc) is 3.33. The molecule has 6 heteroatoms. The van der Waals surface area contributed by atoms with Gasteiger partial charge in [0.15, 0.2) is 11.8 Å². The number of nitrogens with zero attached hydrogens (tertiary/aromatic N) is 3. The number of benzene rings is 2. The molecule has 0 spiro atoms. The molecule has 1 atom stereocenters. The van der Waals surface area contributed by atoms with Crippen LogP contribution in [-0.4, -0.2) is 32.9 Å². The van der Waals surface area contributed by atoms with Gasteiger partial charge in [-0.25, -0.2) is 9.48 Å². The third kappa shape index (κ3) is 3.33. The molecule has 0 aliphatic heterocycles. The molecular weight excluding hydrogens is 354 g/mol. The Hall–Kier alpha value is -3.28. The van der Waals surface area contributed by atoms with Gasteiger partial charge in [0.05, 0.1) is 11.4 Å². The quantitative estimate of drug-likeness (QED) is 0.504. The molecule has 2 aromatic carbocycles. The minimum absolute atomic E-state index is 0.109. The summed E-state index contributed by atoms with van der Waals surface area (Å²) in [5, 5.41) is 7.99. The summed E-state index contributed by atoms with van der Waals surface area (Å²) < 4.78 is 6.97. The fourth-order valence-corrected chi connectivity index (χ4v) is 3.56. The number of ketones is 1. The topological polar surface area (TPSA) is 74.1 Å². The maximum absolute atomic E-state index is 12.7. The first-order valence-corrected chi connectivity index (χ1v) is 9.39. The molecular formula is C22H21N3O3. The summed E-state index contributed by atoms with van der Waals surface area (Å²) in [6, 6.07) is 15.1. The Morgan fingerprint density at radius 2 is 1.82 bits per heavy atom. The first-order chi connectivity index (χ1) is 13.5. The molecule has 142 valence electrons. The van der Waals surface area contributed by atoms with Crippen molar-refractivity contribution in [2.75, 3.05) is 0 Å². The van der Waals surface area contributed by atoms with Crippen LogP contribution in [0, 0.1) is 6.92 Å². The predicted molar refractivity (Wildman–Crippen MR) is 104 cm³/mol. The summed E-state index contributed by atoms with van der Waals surface area (Å²) >= 11 is 0. The van der Waals surface area contributed by atoms with E-state index in [0.717, 1.165) is 24.9 Å². The number of aromatic nitrogens is 3. The van der Waals surface area contributed by atoms with Crippen molar-refractivity contribution in [3.8, 4) is 5.69 Å². The van der Waals surface area contributed by atoms with Gasteiger partial charge in [-0.2, -0.15) is 0 Å². The van der Waals surface area contributed by atoms with Gasteiger partial charge < -0.3 is 4.74 Å². The fraction of sp³-hybridized carbons (Fsp3) is 0.273. The SMILES string of the molecule is Cc1c(C(=O)OC(C)C(=O)c2ccc3c(c2)CCC3)nnn1-c1ccccc1. The second-order valence-electron chi connectivity index (χ2n) is 7.02. The number of aryl methyl sites for hydroxylation is 2. The maximum Gasteiger partial charge on any atom is 0.361 e. The van der Waals surface area contributed by atoms with Crippen molar-refractivity contribution < 1.29 is 14.3 Å². The minimum Gasteiger partial charge on any atom is -0.449 e.